The Kier molecular flexibility index (Phi) is 5.05. The van der Waals surface area contributed by atoms with Gasteiger partial charge in [-0.15, -0.1) is 0 Å². The number of carbonyl (C=O) groups excluding carboxylic acids is 1. The van der Waals surface area contributed by atoms with E-state index in [1.54, 1.807) is 41.4 Å². The number of ether oxygens (including phenoxy) is 2. The van der Waals surface area contributed by atoms with Crippen LogP contribution in [0.25, 0.3) is 0 Å². The highest BCUT2D eigenvalue weighted by Gasteiger charge is 2.38. The summed E-state index contributed by atoms with van der Waals surface area (Å²) in [5, 5.41) is 0. The summed E-state index contributed by atoms with van der Waals surface area (Å²) in [5.74, 6) is -1.21. The molecule has 0 bridgehead atoms. The number of carbonyl (C=O) groups is 1. The monoisotopic (exact) mass is 404 g/mol. The molecule has 0 amide bonds. The quantitative estimate of drug-likeness (QED) is 0.661. The molecule has 3 aromatic rings. The van der Waals surface area contributed by atoms with Crippen molar-refractivity contribution < 1.29 is 14.3 Å². The molecule has 0 saturated carbocycles. The Balaban J connectivity index is 1.94. The number of hydrogen-bond acceptors (Lipinski definition) is 7. The second-order valence-corrected chi connectivity index (χ2v) is 6.87. The maximum absolute atomic E-state index is 13.6. The molecule has 1 aliphatic rings. The van der Waals surface area contributed by atoms with E-state index in [9.17, 15) is 9.59 Å². The van der Waals surface area contributed by atoms with E-state index in [1.165, 1.54) is 7.11 Å². The molecule has 2 N–H and O–H groups in total. The number of methoxy groups -OCH3 is 1. The van der Waals surface area contributed by atoms with Crippen LogP contribution < -0.4 is 16.0 Å². The normalized spacial score (nSPS) is 15.3. The van der Waals surface area contributed by atoms with Crippen molar-refractivity contribution in [3.63, 3.8) is 0 Å². The maximum Gasteiger partial charge on any atom is 0.340 e. The Labute approximate surface area is 172 Å². The Hall–Kier alpha value is -3.94. The Morgan fingerprint density at radius 1 is 1.27 bits per heavy atom. The lowest BCUT2D eigenvalue weighted by Gasteiger charge is -2.28. The van der Waals surface area contributed by atoms with Gasteiger partial charge in [-0.3, -0.25) is 14.8 Å². The van der Waals surface area contributed by atoms with Gasteiger partial charge in [-0.25, -0.2) is 4.79 Å². The fourth-order valence-corrected chi connectivity index (χ4v) is 3.63. The van der Waals surface area contributed by atoms with Gasteiger partial charge >= 0.3 is 5.97 Å². The van der Waals surface area contributed by atoms with Crippen molar-refractivity contribution in [1.82, 2.24) is 14.5 Å². The molecule has 30 heavy (non-hydrogen) atoms. The zero-order valence-corrected chi connectivity index (χ0v) is 16.5. The number of esters is 1. The van der Waals surface area contributed by atoms with Crippen molar-refractivity contribution in [2.24, 2.45) is 5.73 Å². The zero-order valence-electron chi connectivity index (χ0n) is 16.5. The molecule has 0 aliphatic carbocycles. The van der Waals surface area contributed by atoms with Crippen LogP contribution in [0.5, 0.6) is 5.75 Å². The van der Waals surface area contributed by atoms with E-state index in [0.717, 1.165) is 5.69 Å². The SMILES string of the molecule is COC(=O)C1=C(N)Oc2cc(C)n(Cc3ccccn3)c(=O)c2[C@@H]1c1cccnc1. The van der Waals surface area contributed by atoms with Crippen molar-refractivity contribution in [3.05, 3.63) is 99.3 Å². The van der Waals surface area contributed by atoms with Crippen LogP contribution in [0.2, 0.25) is 0 Å². The molecule has 1 aliphatic heterocycles. The summed E-state index contributed by atoms with van der Waals surface area (Å²) in [6.07, 6.45) is 4.88. The molecule has 0 fully saturated rings. The number of hydrogen-bond donors (Lipinski definition) is 1. The van der Waals surface area contributed by atoms with Crippen LogP contribution in [-0.2, 0) is 16.1 Å². The van der Waals surface area contributed by atoms with Crippen LogP contribution in [0, 0.1) is 6.92 Å². The van der Waals surface area contributed by atoms with E-state index in [0.29, 0.717) is 22.6 Å². The molecule has 4 rings (SSSR count). The third-order valence-electron chi connectivity index (χ3n) is 5.04. The third kappa shape index (κ3) is 3.32. The summed E-state index contributed by atoms with van der Waals surface area (Å²) in [6.45, 7) is 2.09. The molecular weight excluding hydrogens is 384 g/mol. The molecule has 1 atom stereocenters. The van der Waals surface area contributed by atoms with Crippen molar-refractivity contribution in [2.75, 3.05) is 7.11 Å². The van der Waals surface area contributed by atoms with Crippen molar-refractivity contribution in [2.45, 2.75) is 19.4 Å². The molecule has 0 aromatic carbocycles. The average Bonchev–Trinajstić information content (AvgIpc) is 2.76. The van der Waals surface area contributed by atoms with Crippen LogP contribution in [0.15, 0.2) is 71.2 Å². The Morgan fingerprint density at radius 2 is 2.10 bits per heavy atom. The minimum absolute atomic E-state index is 0.0725. The highest BCUT2D eigenvalue weighted by molar-refractivity contribution is 5.92. The molecule has 0 radical (unpaired) electrons. The summed E-state index contributed by atoms with van der Waals surface area (Å²) in [5.41, 5.74) is 8.22. The van der Waals surface area contributed by atoms with Gasteiger partial charge in [0, 0.05) is 30.4 Å². The van der Waals surface area contributed by atoms with Crippen LogP contribution in [0.4, 0.5) is 0 Å². The van der Waals surface area contributed by atoms with E-state index in [-0.39, 0.29) is 23.6 Å². The van der Waals surface area contributed by atoms with E-state index < -0.39 is 11.9 Å². The molecule has 152 valence electrons. The molecule has 0 saturated heterocycles. The topological polar surface area (TPSA) is 109 Å². The lowest BCUT2D eigenvalue weighted by molar-refractivity contribution is -0.136. The summed E-state index contributed by atoms with van der Waals surface area (Å²) in [7, 11) is 1.26. The van der Waals surface area contributed by atoms with Gasteiger partial charge < -0.3 is 19.8 Å². The summed E-state index contributed by atoms with van der Waals surface area (Å²) >= 11 is 0. The van der Waals surface area contributed by atoms with Crippen LogP contribution in [-0.4, -0.2) is 27.6 Å². The van der Waals surface area contributed by atoms with Gasteiger partial charge in [-0.05, 0) is 30.7 Å². The lowest BCUT2D eigenvalue weighted by atomic mass is 9.84. The van der Waals surface area contributed by atoms with Gasteiger partial charge in [0.1, 0.15) is 11.3 Å². The van der Waals surface area contributed by atoms with Crippen molar-refractivity contribution in [3.8, 4) is 5.75 Å². The lowest BCUT2D eigenvalue weighted by Crippen LogP contribution is -2.35. The first kappa shape index (κ1) is 19.4. The van der Waals surface area contributed by atoms with E-state index in [2.05, 4.69) is 9.97 Å². The third-order valence-corrected chi connectivity index (χ3v) is 5.04. The number of nitrogens with two attached hydrogens (primary N) is 1. The van der Waals surface area contributed by atoms with Gasteiger partial charge in [0.05, 0.1) is 30.8 Å². The fraction of sp³-hybridized carbons (Fsp3) is 0.182. The van der Waals surface area contributed by atoms with E-state index >= 15 is 0 Å². The first-order valence-corrected chi connectivity index (χ1v) is 9.31. The number of nitrogens with zero attached hydrogens (tertiary/aromatic N) is 3. The standard InChI is InChI=1S/C22H20N4O4/c1-13-10-16-18(21(27)26(13)12-15-7-3-4-9-25-15)17(14-6-5-8-24-11-14)19(20(23)30-16)22(28)29-2/h3-11,17H,12,23H2,1-2H3/t17-/m0/s1. The summed E-state index contributed by atoms with van der Waals surface area (Å²) in [6, 6.07) is 10.8. The van der Waals surface area contributed by atoms with Crippen LogP contribution in [0.1, 0.15) is 28.4 Å². The minimum Gasteiger partial charge on any atom is -0.465 e. The number of aryl methyl sites for hydroxylation is 1. The zero-order chi connectivity index (χ0) is 21.3. The van der Waals surface area contributed by atoms with E-state index in [4.69, 9.17) is 15.2 Å². The Morgan fingerprint density at radius 3 is 2.77 bits per heavy atom. The molecule has 3 aromatic heterocycles. The van der Waals surface area contributed by atoms with E-state index in [1.807, 2.05) is 25.1 Å². The largest absolute Gasteiger partial charge is 0.465 e. The molecule has 4 heterocycles. The van der Waals surface area contributed by atoms with Crippen molar-refractivity contribution in [1.29, 1.82) is 0 Å². The summed E-state index contributed by atoms with van der Waals surface area (Å²) < 4.78 is 12.2. The predicted octanol–water partition coefficient (Wildman–Crippen LogP) is 1.86. The molecule has 8 heteroatoms. The average molecular weight is 404 g/mol. The molecule has 0 spiro atoms. The predicted molar refractivity (Wildman–Crippen MR) is 109 cm³/mol. The summed E-state index contributed by atoms with van der Waals surface area (Å²) in [4.78, 5) is 34.6. The first-order valence-electron chi connectivity index (χ1n) is 9.31. The number of rotatable bonds is 4. The highest BCUT2D eigenvalue weighted by atomic mass is 16.5. The van der Waals surface area contributed by atoms with Gasteiger partial charge in [-0.1, -0.05) is 12.1 Å². The van der Waals surface area contributed by atoms with Gasteiger partial charge in [0.15, 0.2) is 0 Å². The van der Waals surface area contributed by atoms with Crippen LogP contribution >= 0.6 is 0 Å². The highest BCUT2D eigenvalue weighted by Crippen LogP contribution is 2.40. The number of aromatic nitrogens is 3. The second kappa shape index (κ2) is 7.82. The Bertz CT molecular complexity index is 1190. The smallest absolute Gasteiger partial charge is 0.340 e. The molecule has 0 unspecified atom stereocenters. The van der Waals surface area contributed by atoms with Gasteiger partial charge in [0.2, 0.25) is 5.88 Å². The molecular formula is C22H20N4O4. The second-order valence-electron chi connectivity index (χ2n) is 6.87. The maximum atomic E-state index is 13.6. The minimum atomic E-state index is -0.766. The van der Waals surface area contributed by atoms with Gasteiger partial charge in [-0.2, -0.15) is 0 Å². The van der Waals surface area contributed by atoms with Crippen molar-refractivity contribution >= 4 is 5.97 Å². The fourth-order valence-electron chi connectivity index (χ4n) is 3.63. The number of pyridine rings is 3. The number of fused-ring (bicyclic) bond motifs is 1. The van der Waals surface area contributed by atoms with Gasteiger partial charge in [0.25, 0.3) is 5.56 Å². The first-order chi connectivity index (χ1) is 14.5. The molecule has 8 nitrogen and oxygen atoms in total. The van der Waals surface area contributed by atoms with Crippen LogP contribution in [0.3, 0.4) is 0 Å².